The number of hydrogen-bond acceptors (Lipinski definition) is 10. The van der Waals surface area contributed by atoms with Gasteiger partial charge in [0.15, 0.2) is 11.6 Å². The molecule has 5 heterocycles. The average Bonchev–Trinajstić information content (AvgIpc) is 3.59. The SMILES string of the molecule is C=C(CO)[C@@H](O)[C@@H](C)C[C@@H](C)C1([C@@H](O)[C@H]2C[C@@H]3O[C@]4(CC[C@]5(C=CC[C@@H](/C=C/CCCO)O5)O4)[C@@H](C)C[C@@H]3O2)SCCCS1. The second-order valence-corrected chi connectivity index (χ2v) is 16.7. The van der Waals surface area contributed by atoms with E-state index in [1.807, 2.05) is 30.4 Å². The number of thioether (sulfide) groups is 2. The van der Waals surface area contributed by atoms with Crippen LogP contribution in [-0.4, -0.2) is 97.4 Å². The minimum Gasteiger partial charge on any atom is -0.396 e. The summed E-state index contributed by atoms with van der Waals surface area (Å²) in [4.78, 5) is 0. The smallest absolute Gasteiger partial charge is 0.191 e. The maximum Gasteiger partial charge on any atom is 0.191 e. The molecule has 5 rings (SSSR count). The van der Waals surface area contributed by atoms with E-state index in [1.54, 1.807) is 0 Å². The maximum atomic E-state index is 12.1. The summed E-state index contributed by atoms with van der Waals surface area (Å²) in [6, 6.07) is 0. The molecule has 44 heavy (non-hydrogen) atoms. The van der Waals surface area contributed by atoms with Crippen LogP contribution in [0.2, 0.25) is 0 Å². The van der Waals surface area contributed by atoms with Gasteiger partial charge in [-0.3, -0.25) is 0 Å². The van der Waals surface area contributed by atoms with Crippen molar-refractivity contribution < 1.29 is 39.4 Å². The molecular weight excluding hydrogens is 601 g/mol. The molecule has 0 saturated carbocycles. The molecule has 4 fully saturated rings. The summed E-state index contributed by atoms with van der Waals surface area (Å²) in [5.74, 6) is 0.507. The van der Waals surface area contributed by atoms with Crippen LogP contribution < -0.4 is 0 Å². The van der Waals surface area contributed by atoms with Crippen LogP contribution in [0, 0.1) is 17.8 Å². The summed E-state index contributed by atoms with van der Waals surface area (Å²) >= 11 is 3.66. The lowest BCUT2D eigenvalue weighted by molar-refractivity contribution is -0.355. The normalized spacial score (nSPS) is 39.5. The van der Waals surface area contributed by atoms with Gasteiger partial charge >= 0.3 is 0 Å². The van der Waals surface area contributed by atoms with Crippen molar-refractivity contribution in [2.24, 2.45) is 17.8 Å². The van der Waals surface area contributed by atoms with Crippen molar-refractivity contribution in [1.82, 2.24) is 0 Å². The highest BCUT2D eigenvalue weighted by Gasteiger charge is 2.61. The quantitative estimate of drug-likeness (QED) is 0.170. The van der Waals surface area contributed by atoms with Crippen molar-refractivity contribution in [2.45, 2.75) is 131 Å². The summed E-state index contributed by atoms with van der Waals surface area (Å²) in [6.07, 6.45) is 13.2. The van der Waals surface area contributed by atoms with Gasteiger partial charge < -0.3 is 39.4 Å². The Morgan fingerprint density at radius 2 is 1.86 bits per heavy atom. The Morgan fingerprint density at radius 1 is 1.09 bits per heavy atom. The largest absolute Gasteiger partial charge is 0.396 e. The van der Waals surface area contributed by atoms with E-state index >= 15 is 0 Å². The van der Waals surface area contributed by atoms with Crippen LogP contribution in [0.25, 0.3) is 0 Å². The first-order chi connectivity index (χ1) is 21.1. The van der Waals surface area contributed by atoms with Crippen molar-refractivity contribution in [3.8, 4) is 0 Å². The summed E-state index contributed by atoms with van der Waals surface area (Å²) in [5.41, 5.74) is 0.432. The van der Waals surface area contributed by atoms with E-state index in [4.69, 9.17) is 24.1 Å². The zero-order valence-electron chi connectivity index (χ0n) is 26.6. The van der Waals surface area contributed by atoms with Gasteiger partial charge in [0.25, 0.3) is 0 Å². The first-order valence-electron chi connectivity index (χ1n) is 16.7. The number of aliphatic hydroxyl groups excluding tert-OH is 4. The monoisotopic (exact) mass is 654 g/mol. The molecule has 0 bridgehead atoms. The molecule has 0 aliphatic carbocycles. The fourth-order valence-electron chi connectivity index (χ4n) is 7.77. The van der Waals surface area contributed by atoms with E-state index in [1.165, 1.54) is 0 Å². The van der Waals surface area contributed by atoms with E-state index in [0.29, 0.717) is 18.4 Å². The minimum absolute atomic E-state index is 0.0657. The molecular formula is C34H54O8S2. The lowest BCUT2D eigenvalue weighted by Gasteiger charge is -2.47. The molecule has 0 aromatic rings. The van der Waals surface area contributed by atoms with Gasteiger partial charge in [-0.15, -0.1) is 23.5 Å². The second-order valence-electron chi connectivity index (χ2n) is 13.6. The van der Waals surface area contributed by atoms with Gasteiger partial charge in [-0.25, -0.2) is 0 Å². The third-order valence-electron chi connectivity index (χ3n) is 10.3. The third kappa shape index (κ3) is 7.20. The van der Waals surface area contributed by atoms with Gasteiger partial charge in [0, 0.05) is 31.8 Å². The lowest BCUT2D eigenvalue weighted by Crippen LogP contribution is -2.53. The van der Waals surface area contributed by atoms with Crippen LogP contribution in [0.15, 0.2) is 36.5 Å². The van der Waals surface area contributed by atoms with E-state index in [2.05, 4.69) is 44.7 Å². The Morgan fingerprint density at radius 3 is 2.59 bits per heavy atom. The van der Waals surface area contributed by atoms with E-state index in [9.17, 15) is 15.3 Å². The highest BCUT2D eigenvalue weighted by atomic mass is 32.2. The van der Waals surface area contributed by atoms with Gasteiger partial charge in [0.2, 0.25) is 0 Å². The molecule has 5 aliphatic rings. The van der Waals surface area contributed by atoms with Crippen LogP contribution in [0.5, 0.6) is 0 Å². The van der Waals surface area contributed by atoms with E-state index < -0.39 is 27.9 Å². The second kappa shape index (κ2) is 14.8. The molecule has 11 atom stereocenters. The summed E-state index contributed by atoms with van der Waals surface area (Å²) in [6.45, 7) is 10.1. The number of unbranched alkanes of at least 4 members (excludes halogenated alkanes) is 1. The molecule has 250 valence electrons. The number of aliphatic hydroxyl groups is 4. The van der Waals surface area contributed by atoms with Gasteiger partial charge in [-0.05, 0) is 73.5 Å². The van der Waals surface area contributed by atoms with Crippen molar-refractivity contribution in [2.75, 3.05) is 24.7 Å². The van der Waals surface area contributed by atoms with Crippen molar-refractivity contribution in [3.05, 3.63) is 36.5 Å². The summed E-state index contributed by atoms with van der Waals surface area (Å²) < 4.78 is 26.3. The first kappa shape index (κ1) is 34.9. The molecule has 0 radical (unpaired) electrons. The van der Waals surface area contributed by atoms with Crippen molar-refractivity contribution in [1.29, 1.82) is 0 Å². The molecule has 0 amide bonds. The predicted molar refractivity (Wildman–Crippen MR) is 175 cm³/mol. The highest BCUT2D eigenvalue weighted by Crippen LogP contribution is 2.56. The molecule has 0 unspecified atom stereocenters. The molecule has 2 spiro atoms. The Hall–Kier alpha value is -0.400. The standard InChI is InChI=1S/C34H54O8S2/c1-22(30(37)23(2)21-36)18-25(4)34(43-16-9-17-44-34)31(38)29-20-28-27(39-29)19-24(3)33(41-28)14-13-32(42-33)12-8-11-26(40-32)10-6-5-7-15-35/h6,8,10,12,22,24-31,35-38H,2,5,7,9,11,13-21H2,1,3-4H3/b10-6+/t22-,24-,25+,26+,27-,28-,29+,30-,31-,32-,33-/m0/s1. The molecule has 5 aliphatic heterocycles. The maximum absolute atomic E-state index is 12.1. The molecule has 0 aromatic carbocycles. The molecule has 10 heteroatoms. The van der Waals surface area contributed by atoms with E-state index in [0.717, 1.165) is 56.5 Å². The van der Waals surface area contributed by atoms with Gasteiger partial charge in [0.05, 0.1) is 41.2 Å². The van der Waals surface area contributed by atoms with Crippen LogP contribution >= 0.6 is 23.5 Å². The number of rotatable bonds is 12. The molecule has 8 nitrogen and oxygen atoms in total. The van der Waals surface area contributed by atoms with Crippen LogP contribution in [0.4, 0.5) is 0 Å². The summed E-state index contributed by atoms with van der Waals surface area (Å²) in [5, 5.41) is 41.3. The highest BCUT2D eigenvalue weighted by molar-refractivity contribution is 8.18. The third-order valence-corrected chi connectivity index (χ3v) is 14.2. The fourth-order valence-corrected chi connectivity index (χ4v) is 11.4. The van der Waals surface area contributed by atoms with Crippen LogP contribution in [0.1, 0.15) is 78.6 Å². The lowest BCUT2D eigenvalue weighted by atomic mass is 9.84. The Balaban J connectivity index is 1.25. The van der Waals surface area contributed by atoms with Crippen molar-refractivity contribution in [3.63, 3.8) is 0 Å². The van der Waals surface area contributed by atoms with Crippen LogP contribution in [0.3, 0.4) is 0 Å². The van der Waals surface area contributed by atoms with Gasteiger partial charge in [-0.1, -0.05) is 45.6 Å². The number of allylic oxidation sites excluding steroid dienone is 1. The first-order valence-corrected chi connectivity index (χ1v) is 18.6. The van der Waals surface area contributed by atoms with Gasteiger partial charge in [-0.2, -0.15) is 0 Å². The van der Waals surface area contributed by atoms with E-state index in [-0.39, 0.29) is 55.4 Å². The van der Waals surface area contributed by atoms with Crippen LogP contribution in [-0.2, 0) is 18.9 Å². The number of hydrogen-bond donors (Lipinski definition) is 4. The number of fused-ring (bicyclic) bond motifs is 1. The predicted octanol–water partition coefficient (Wildman–Crippen LogP) is 4.94. The zero-order valence-corrected chi connectivity index (χ0v) is 28.3. The molecule has 4 saturated heterocycles. The Bertz CT molecular complexity index is 1030. The Labute approximate surface area is 272 Å². The average molecular weight is 655 g/mol. The Kier molecular flexibility index (Phi) is 11.7. The molecule has 4 N–H and O–H groups in total. The number of ether oxygens (including phenoxy) is 4. The zero-order chi connectivity index (χ0) is 31.5. The fraction of sp³-hybridized carbons (Fsp3) is 0.824. The topological polar surface area (TPSA) is 118 Å². The minimum atomic E-state index is -0.804. The summed E-state index contributed by atoms with van der Waals surface area (Å²) in [7, 11) is 0. The van der Waals surface area contributed by atoms with Crippen molar-refractivity contribution >= 4 is 23.5 Å². The molecule has 0 aromatic heterocycles. The van der Waals surface area contributed by atoms with Gasteiger partial charge in [0.1, 0.15) is 6.10 Å².